The minimum absolute atomic E-state index is 0.106. The summed E-state index contributed by atoms with van der Waals surface area (Å²) in [5.41, 5.74) is 2.68. The summed E-state index contributed by atoms with van der Waals surface area (Å²) in [6.45, 7) is 7.90. The largest absolute Gasteiger partial charge is 0.476 e. The van der Waals surface area contributed by atoms with Crippen LogP contribution in [0.2, 0.25) is 5.02 Å². The van der Waals surface area contributed by atoms with Crippen LogP contribution < -0.4 is 14.4 Å². The van der Waals surface area contributed by atoms with E-state index in [1.165, 1.54) is 4.31 Å². The molecule has 0 aliphatic carbocycles. The van der Waals surface area contributed by atoms with Gasteiger partial charge in [0.2, 0.25) is 10.0 Å². The molecule has 1 aliphatic heterocycles. The predicted octanol–water partition coefficient (Wildman–Crippen LogP) is 4.11. The Balaban J connectivity index is 1.92. The third-order valence-electron chi connectivity index (χ3n) is 4.83. The van der Waals surface area contributed by atoms with Gasteiger partial charge in [0.1, 0.15) is 5.75 Å². The van der Waals surface area contributed by atoms with Gasteiger partial charge in [0.05, 0.1) is 18.5 Å². The van der Waals surface area contributed by atoms with E-state index in [9.17, 15) is 13.2 Å². The smallest absolute Gasteiger partial charge is 0.267 e. The lowest BCUT2D eigenvalue weighted by molar-refractivity contribution is -0.122. The van der Waals surface area contributed by atoms with Gasteiger partial charge in [0.25, 0.3) is 5.91 Å². The molecule has 0 saturated heterocycles. The molecular weight excluding hydrogens is 412 g/mol. The summed E-state index contributed by atoms with van der Waals surface area (Å²) in [6.07, 6.45) is 0.137. The molecular formula is C21H25ClN2O4S. The number of fused-ring (bicyclic) bond motifs is 1. The van der Waals surface area contributed by atoms with Crippen LogP contribution in [0.25, 0.3) is 0 Å². The molecule has 0 fully saturated rings. The van der Waals surface area contributed by atoms with Gasteiger partial charge in [-0.1, -0.05) is 44.5 Å². The number of hydrogen-bond acceptors (Lipinski definition) is 4. The van der Waals surface area contributed by atoms with Gasteiger partial charge in [0, 0.05) is 10.7 Å². The number of anilines is 2. The van der Waals surface area contributed by atoms with E-state index >= 15 is 0 Å². The fourth-order valence-corrected chi connectivity index (χ4v) is 4.15. The van der Waals surface area contributed by atoms with Crippen molar-refractivity contribution in [3.05, 3.63) is 52.5 Å². The van der Waals surface area contributed by atoms with Crippen molar-refractivity contribution < 1.29 is 17.9 Å². The maximum atomic E-state index is 12.8. The lowest BCUT2D eigenvalue weighted by Crippen LogP contribution is -2.48. The highest BCUT2D eigenvalue weighted by Crippen LogP contribution is 2.38. The number of carbonyl (C=O) groups excluding carboxylic acids is 1. The standard InChI is InChI=1S/C21H25ClN2O4S/c1-13-6-8-15(11-16(13)22)23-20(25)19-12-24(29(5,26)27)17-10-14(21(2,3)4)7-9-18(17)28-19/h6-11,19H,12H2,1-5H3,(H,23,25). The van der Waals surface area contributed by atoms with Crippen molar-refractivity contribution >= 4 is 38.9 Å². The van der Waals surface area contributed by atoms with E-state index in [-0.39, 0.29) is 12.0 Å². The Morgan fingerprint density at radius 1 is 1.21 bits per heavy atom. The van der Waals surface area contributed by atoms with E-state index in [1.807, 2.05) is 39.8 Å². The monoisotopic (exact) mass is 436 g/mol. The predicted molar refractivity (Wildman–Crippen MR) is 117 cm³/mol. The number of benzene rings is 2. The van der Waals surface area contributed by atoms with E-state index in [4.69, 9.17) is 16.3 Å². The summed E-state index contributed by atoms with van der Waals surface area (Å²) in [4.78, 5) is 12.8. The minimum atomic E-state index is -3.60. The van der Waals surface area contributed by atoms with Gasteiger partial charge in [0.15, 0.2) is 6.10 Å². The fraction of sp³-hybridized carbons (Fsp3) is 0.381. The summed E-state index contributed by atoms with van der Waals surface area (Å²) >= 11 is 6.11. The van der Waals surface area contributed by atoms with Gasteiger partial charge in [-0.2, -0.15) is 0 Å². The van der Waals surface area contributed by atoms with E-state index in [2.05, 4.69) is 5.32 Å². The third-order valence-corrected chi connectivity index (χ3v) is 6.38. The van der Waals surface area contributed by atoms with Crippen LogP contribution in [0.3, 0.4) is 0 Å². The van der Waals surface area contributed by atoms with Crippen molar-refractivity contribution in [1.29, 1.82) is 0 Å². The van der Waals surface area contributed by atoms with Gasteiger partial charge in [-0.05, 0) is 47.7 Å². The summed E-state index contributed by atoms with van der Waals surface area (Å²) in [7, 11) is -3.60. The van der Waals surface area contributed by atoms with Crippen LogP contribution in [-0.2, 0) is 20.2 Å². The number of halogens is 1. The molecule has 6 nitrogen and oxygen atoms in total. The van der Waals surface area contributed by atoms with Crippen molar-refractivity contribution in [2.75, 3.05) is 22.4 Å². The molecule has 156 valence electrons. The molecule has 3 rings (SSSR count). The lowest BCUT2D eigenvalue weighted by Gasteiger charge is -2.35. The number of hydrogen-bond donors (Lipinski definition) is 1. The first-order chi connectivity index (χ1) is 13.4. The van der Waals surface area contributed by atoms with Crippen molar-refractivity contribution in [1.82, 2.24) is 0 Å². The van der Waals surface area contributed by atoms with Crippen LogP contribution in [0, 0.1) is 6.92 Å². The number of nitrogens with one attached hydrogen (secondary N) is 1. The minimum Gasteiger partial charge on any atom is -0.476 e. The Labute approximate surface area is 176 Å². The second-order valence-corrected chi connectivity index (χ2v) is 10.6. The first-order valence-corrected chi connectivity index (χ1v) is 11.4. The molecule has 1 aliphatic rings. The van der Waals surface area contributed by atoms with Gasteiger partial charge >= 0.3 is 0 Å². The highest BCUT2D eigenvalue weighted by atomic mass is 35.5. The lowest BCUT2D eigenvalue weighted by atomic mass is 9.86. The number of sulfonamides is 1. The molecule has 1 N–H and O–H groups in total. The molecule has 0 aromatic heterocycles. The van der Waals surface area contributed by atoms with Crippen LogP contribution in [0.4, 0.5) is 11.4 Å². The Morgan fingerprint density at radius 2 is 1.90 bits per heavy atom. The quantitative estimate of drug-likeness (QED) is 0.785. The molecule has 2 aromatic rings. The zero-order valence-electron chi connectivity index (χ0n) is 17.1. The number of rotatable bonds is 3. The van der Waals surface area contributed by atoms with Gasteiger partial charge in [-0.25, -0.2) is 8.42 Å². The number of aryl methyl sites for hydroxylation is 1. The maximum absolute atomic E-state index is 12.8. The zero-order valence-corrected chi connectivity index (χ0v) is 18.7. The second kappa shape index (κ2) is 7.54. The topological polar surface area (TPSA) is 75.7 Å². The first kappa shape index (κ1) is 21.5. The molecule has 0 radical (unpaired) electrons. The molecule has 0 bridgehead atoms. The van der Waals surface area contributed by atoms with Gasteiger partial charge in [-0.15, -0.1) is 0 Å². The summed E-state index contributed by atoms with van der Waals surface area (Å²) in [5, 5.41) is 3.28. The Morgan fingerprint density at radius 3 is 2.48 bits per heavy atom. The Kier molecular flexibility index (Phi) is 5.58. The summed E-state index contributed by atoms with van der Waals surface area (Å²) in [6, 6.07) is 10.6. The normalized spacial score (nSPS) is 16.8. The van der Waals surface area contributed by atoms with Crippen molar-refractivity contribution in [3.63, 3.8) is 0 Å². The summed E-state index contributed by atoms with van der Waals surface area (Å²) in [5.74, 6) is -0.0825. The van der Waals surface area contributed by atoms with Crippen molar-refractivity contribution in [3.8, 4) is 5.75 Å². The highest BCUT2D eigenvalue weighted by molar-refractivity contribution is 7.92. The average molecular weight is 437 g/mol. The van der Waals surface area contributed by atoms with Crippen LogP contribution >= 0.6 is 11.6 Å². The molecule has 0 spiro atoms. The van der Waals surface area contributed by atoms with Crippen LogP contribution in [-0.4, -0.2) is 33.2 Å². The fourth-order valence-electron chi connectivity index (χ4n) is 3.06. The molecule has 29 heavy (non-hydrogen) atoms. The van der Waals surface area contributed by atoms with Crippen molar-refractivity contribution in [2.24, 2.45) is 0 Å². The molecule has 1 amide bonds. The van der Waals surface area contributed by atoms with Crippen molar-refractivity contribution in [2.45, 2.75) is 39.2 Å². The SMILES string of the molecule is Cc1ccc(NC(=O)C2CN(S(C)(=O)=O)c3cc(C(C)(C)C)ccc3O2)cc1Cl. The zero-order chi connectivity index (χ0) is 21.6. The van der Waals surface area contributed by atoms with Gasteiger partial charge < -0.3 is 10.1 Å². The van der Waals surface area contributed by atoms with E-state index in [0.717, 1.165) is 17.4 Å². The number of ether oxygens (including phenoxy) is 1. The molecule has 2 aromatic carbocycles. The van der Waals surface area contributed by atoms with Crippen LogP contribution in [0.1, 0.15) is 31.9 Å². The van der Waals surface area contributed by atoms with Crippen LogP contribution in [0.15, 0.2) is 36.4 Å². The molecule has 1 atom stereocenters. The molecule has 1 heterocycles. The third kappa shape index (κ3) is 4.67. The van der Waals surface area contributed by atoms with E-state index in [0.29, 0.717) is 22.1 Å². The molecule has 1 unspecified atom stereocenters. The number of amides is 1. The second-order valence-electron chi connectivity index (χ2n) is 8.29. The van der Waals surface area contributed by atoms with E-state index < -0.39 is 22.0 Å². The average Bonchev–Trinajstić information content (AvgIpc) is 2.61. The van der Waals surface area contributed by atoms with Crippen LogP contribution in [0.5, 0.6) is 5.75 Å². The Bertz CT molecular complexity index is 1060. The Hall–Kier alpha value is -2.25. The molecule has 0 saturated carbocycles. The van der Waals surface area contributed by atoms with Gasteiger partial charge in [-0.3, -0.25) is 9.10 Å². The molecule has 8 heteroatoms. The maximum Gasteiger partial charge on any atom is 0.267 e. The number of nitrogens with zero attached hydrogens (tertiary/aromatic N) is 1. The highest BCUT2D eigenvalue weighted by Gasteiger charge is 2.36. The first-order valence-electron chi connectivity index (χ1n) is 9.22. The number of carbonyl (C=O) groups is 1. The van der Waals surface area contributed by atoms with E-state index in [1.54, 1.807) is 24.3 Å². The summed E-state index contributed by atoms with van der Waals surface area (Å²) < 4.78 is 32.0.